The Morgan fingerprint density at radius 3 is 1.04 bits per heavy atom. The maximum atomic E-state index is 4.83. The minimum Gasteiger partial charge on any atom is -0.382 e. The molecule has 3 N–H and O–H groups in total. The molecule has 0 unspecified atom stereocenters. The second kappa shape index (κ2) is 21.0. The molecule has 0 aliphatic heterocycles. The smallest absolute Gasteiger partial charge is 0.382 e. The third kappa shape index (κ3) is 11.1. The number of hydrogen-bond donors (Lipinski definition) is 2. The van der Waals surface area contributed by atoms with Crippen molar-refractivity contribution in [3.05, 3.63) is 160 Å². The van der Waals surface area contributed by atoms with E-state index >= 15 is 0 Å². The quantitative estimate of drug-likeness (QED) is 0.0999. The van der Waals surface area contributed by atoms with Crippen molar-refractivity contribution in [2.75, 3.05) is 13.2 Å². The SMILES string of the molecule is CC(C)c1cccc(C(C)C)c1[NH+]=C(c1ccccc1)c1cccc(C(=[NH+]c2c(C(C)C)cccc2C(C)C)c2ccccc2)[nH+]1.CCOCC.[Mg+2]. The minimum absolute atomic E-state index is 0. The summed E-state index contributed by atoms with van der Waals surface area (Å²) in [6, 6.07) is 41.2. The monoisotopic (exact) mass is 706 g/mol. The van der Waals surface area contributed by atoms with Crippen LogP contribution in [-0.2, 0) is 4.74 Å². The summed E-state index contributed by atoms with van der Waals surface area (Å²) in [6.45, 7) is 23.8. The third-order valence-corrected chi connectivity index (χ3v) is 9.11. The molecule has 0 saturated heterocycles. The van der Waals surface area contributed by atoms with E-state index in [1.165, 1.54) is 33.6 Å². The normalized spacial score (nSPS) is 11.9. The van der Waals surface area contributed by atoms with Gasteiger partial charge in [0.15, 0.2) is 0 Å². The van der Waals surface area contributed by atoms with E-state index in [4.69, 9.17) is 4.74 Å². The summed E-state index contributed by atoms with van der Waals surface area (Å²) >= 11 is 0. The number of benzene rings is 4. The topological polar surface area (TPSA) is 51.3 Å². The van der Waals surface area contributed by atoms with Gasteiger partial charge in [-0.3, -0.25) is 0 Å². The van der Waals surface area contributed by atoms with E-state index in [1.807, 2.05) is 13.8 Å². The van der Waals surface area contributed by atoms with Crippen LogP contribution in [0.3, 0.4) is 0 Å². The Morgan fingerprint density at radius 2 is 0.769 bits per heavy atom. The number of nitrogens with one attached hydrogen (secondary N) is 3. The van der Waals surface area contributed by atoms with Crippen LogP contribution in [0.25, 0.3) is 0 Å². The molecule has 0 radical (unpaired) electrons. The zero-order chi connectivity index (χ0) is 36.9. The number of rotatable bonds is 12. The maximum absolute atomic E-state index is 4.83. The van der Waals surface area contributed by atoms with E-state index in [2.05, 4.69) is 186 Å². The van der Waals surface area contributed by atoms with Gasteiger partial charge in [0.1, 0.15) is 0 Å². The fourth-order valence-electron chi connectivity index (χ4n) is 6.41. The molecule has 0 spiro atoms. The van der Waals surface area contributed by atoms with Gasteiger partial charge in [0.25, 0.3) is 22.8 Å². The summed E-state index contributed by atoms with van der Waals surface area (Å²) < 4.78 is 4.83. The van der Waals surface area contributed by atoms with Crippen LogP contribution in [0.5, 0.6) is 0 Å². The van der Waals surface area contributed by atoms with Gasteiger partial charge in [0, 0.05) is 47.6 Å². The molecule has 0 saturated carbocycles. The van der Waals surface area contributed by atoms with E-state index in [-0.39, 0.29) is 23.1 Å². The number of aromatic nitrogens is 1. The van der Waals surface area contributed by atoms with E-state index in [0.29, 0.717) is 23.7 Å². The van der Waals surface area contributed by atoms with Crippen LogP contribution in [0, 0.1) is 0 Å². The maximum Gasteiger partial charge on any atom is 2.00 e. The van der Waals surface area contributed by atoms with Gasteiger partial charge in [0.2, 0.25) is 11.4 Å². The van der Waals surface area contributed by atoms with E-state index in [1.54, 1.807) is 0 Å². The molecule has 0 atom stereocenters. The minimum atomic E-state index is 0. The number of para-hydroxylation sites is 2. The van der Waals surface area contributed by atoms with Crippen LogP contribution in [0.15, 0.2) is 115 Å². The first-order chi connectivity index (χ1) is 24.6. The van der Waals surface area contributed by atoms with Crippen molar-refractivity contribution < 1.29 is 19.7 Å². The van der Waals surface area contributed by atoms with Gasteiger partial charge < -0.3 is 4.74 Å². The molecule has 0 aliphatic carbocycles. The largest absolute Gasteiger partial charge is 2.00 e. The zero-order valence-electron chi connectivity index (χ0n) is 33.3. The predicted octanol–water partition coefficient (Wildman–Crippen LogP) is 8.16. The third-order valence-electron chi connectivity index (χ3n) is 9.11. The van der Waals surface area contributed by atoms with Crippen molar-refractivity contribution in [2.45, 2.75) is 92.9 Å². The first kappa shape index (κ1) is 42.5. The summed E-state index contributed by atoms with van der Waals surface area (Å²) in [7, 11) is 0. The van der Waals surface area contributed by atoms with E-state index in [0.717, 1.165) is 47.2 Å². The molecule has 4 aromatic carbocycles. The molecule has 52 heavy (non-hydrogen) atoms. The van der Waals surface area contributed by atoms with Crippen molar-refractivity contribution in [3.8, 4) is 0 Å². The molecule has 0 fully saturated rings. The number of ether oxygens (including phenoxy) is 1. The van der Waals surface area contributed by atoms with Crippen molar-refractivity contribution >= 4 is 45.9 Å². The standard InChI is InChI=1S/C43H47N3.C4H10O.Mg/c1-28(2)34-22-15-23-35(29(3)4)42(34)45-40(32-18-11-9-12-19-32)38-26-17-27-39(44-38)41(33-20-13-10-14-21-33)46-43-36(30(5)6)24-16-25-37(43)31(7)8;1-3-5-4-2;/h9-31H,1-8H3;3-4H2,1-2H3;/q;;+2/p+3. The predicted molar refractivity (Wildman–Crippen MR) is 221 cm³/mol. The summed E-state index contributed by atoms with van der Waals surface area (Å²) in [5, 5.41) is 0. The van der Waals surface area contributed by atoms with Crippen molar-refractivity contribution in [2.24, 2.45) is 0 Å². The Labute approximate surface area is 330 Å². The molecule has 1 heterocycles. The van der Waals surface area contributed by atoms with Crippen LogP contribution in [0.1, 0.15) is 138 Å². The van der Waals surface area contributed by atoms with E-state index < -0.39 is 0 Å². The molecular weight excluding hydrogens is 647 g/mol. The summed E-state index contributed by atoms with van der Waals surface area (Å²) in [5.74, 6) is 1.53. The second-order valence-electron chi connectivity index (χ2n) is 14.2. The van der Waals surface area contributed by atoms with Gasteiger partial charge in [-0.25, -0.2) is 0 Å². The van der Waals surface area contributed by atoms with Crippen LogP contribution in [0.4, 0.5) is 11.4 Å². The average molecular weight is 707 g/mol. The number of aromatic amines is 1. The van der Waals surface area contributed by atoms with E-state index in [9.17, 15) is 0 Å². The van der Waals surface area contributed by atoms with Gasteiger partial charge >= 0.3 is 23.1 Å². The van der Waals surface area contributed by atoms with Gasteiger partial charge in [-0.2, -0.15) is 15.0 Å². The Kier molecular flexibility index (Phi) is 17.1. The van der Waals surface area contributed by atoms with Gasteiger partial charge in [-0.15, -0.1) is 0 Å². The van der Waals surface area contributed by atoms with Crippen molar-refractivity contribution in [1.82, 2.24) is 0 Å². The van der Waals surface area contributed by atoms with Crippen molar-refractivity contribution in [1.29, 1.82) is 0 Å². The van der Waals surface area contributed by atoms with Crippen LogP contribution >= 0.6 is 0 Å². The Balaban J connectivity index is 0.00000114. The Morgan fingerprint density at radius 1 is 0.462 bits per heavy atom. The summed E-state index contributed by atoms with van der Waals surface area (Å²) in [6.07, 6.45) is 0. The number of pyridine rings is 1. The fraction of sp³-hybridized carbons (Fsp3) is 0.340. The molecule has 1 aromatic heterocycles. The Hall–Kier alpha value is -3.90. The first-order valence-corrected chi connectivity index (χ1v) is 18.8. The molecule has 0 amide bonds. The van der Waals surface area contributed by atoms with Crippen LogP contribution < -0.4 is 15.0 Å². The fourth-order valence-corrected chi connectivity index (χ4v) is 6.41. The molecule has 5 aromatic rings. The zero-order valence-corrected chi connectivity index (χ0v) is 34.7. The first-order valence-electron chi connectivity index (χ1n) is 18.8. The summed E-state index contributed by atoms with van der Waals surface area (Å²) in [5.41, 5.74) is 14.1. The Bertz CT molecular complexity index is 1710. The van der Waals surface area contributed by atoms with Gasteiger partial charge in [-0.1, -0.05) is 128 Å². The summed E-state index contributed by atoms with van der Waals surface area (Å²) in [4.78, 5) is 11.8. The second-order valence-corrected chi connectivity index (χ2v) is 14.2. The van der Waals surface area contributed by atoms with Crippen molar-refractivity contribution in [3.63, 3.8) is 0 Å². The molecule has 5 rings (SSSR count). The molecule has 266 valence electrons. The van der Waals surface area contributed by atoms with Crippen LogP contribution in [-0.4, -0.2) is 47.7 Å². The molecule has 0 bridgehead atoms. The number of H-pyrrole nitrogens is 1. The average Bonchev–Trinajstić information content (AvgIpc) is 3.13. The molecule has 0 aliphatic rings. The molecule has 5 heteroatoms. The van der Waals surface area contributed by atoms with Gasteiger partial charge in [-0.05, 0) is 67.9 Å². The van der Waals surface area contributed by atoms with Gasteiger partial charge in [0.05, 0.1) is 11.1 Å². The molecule has 4 nitrogen and oxygen atoms in total. The number of hydrogen-bond acceptors (Lipinski definition) is 1. The molecular formula is C47H60MgN3O+5. The van der Waals surface area contributed by atoms with Crippen LogP contribution in [0.2, 0.25) is 0 Å².